The lowest BCUT2D eigenvalue weighted by atomic mass is 9.98. The SMILES string of the molecule is O=C1CCC(N2Cc3c(N=CC4=C(O)C(Cc5ccccc5)CC4=O)cccc3C2=O)C(=O)N1. The zero-order valence-corrected chi connectivity index (χ0v) is 18.4. The first-order chi connectivity index (χ1) is 16.4. The van der Waals surface area contributed by atoms with Gasteiger partial charge in [0.05, 0.1) is 11.3 Å². The Labute approximate surface area is 196 Å². The smallest absolute Gasteiger partial charge is 0.255 e. The molecule has 0 saturated carbocycles. The number of ketones is 1. The number of carbonyl (C=O) groups is 4. The standard InChI is InChI=1S/C26H23N3O5/c30-22-12-16(11-15-5-2-1-3-6-15)24(32)18(22)13-27-20-8-4-7-17-19(20)14-29(26(17)34)21-9-10-23(31)28-25(21)33/h1-8,13,16,21,32H,9-12,14H2,(H,28,31,33). The number of hydrogen-bond acceptors (Lipinski definition) is 6. The number of Topliss-reactive ketones (excluding diaryl/α,β-unsaturated/α-hetero) is 1. The van der Waals surface area contributed by atoms with E-state index in [0.29, 0.717) is 23.2 Å². The van der Waals surface area contributed by atoms with Gasteiger partial charge in [-0.05, 0) is 30.5 Å². The molecule has 34 heavy (non-hydrogen) atoms. The van der Waals surface area contributed by atoms with Crippen LogP contribution in [0.3, 0.4) is 0 Å². The van der Waals surface area contributed by atoms with Gasteiger partial charge < -0.3 is 10.0 Å². The minimum atomic E-state index is -0.712. The number of fused-ring (bicyclic) bond motifs is 1. The van der Waals surface area contributed by atoms with Crippen molar-refractivity contribution in [1.82, 2.24) is 10.2 Å². The van der Waals surface area contributed by atoms with Crippen molar-refractivity contribution < 1.29 is 24.3 Å². The van der Waals surface area contributed by atoms with Gasteiger partial charge >= 0.3 is 0 Å². The van der Waals surface area contributed by atoms with Gasteiger partial charge in [-0.3, -0.25) is 29.5 Å². The van der Waals surface area contributed by atoms with Crippen LogP contribution in [0.4, 0.5) is 5.69 Å². The number of carbonyl (C=O) groups excluding carboxylic acids is 4. The van der Waals surface area contributed by atoms with E-state index in [0.717, 1.165) is 5.56 Å². The van der Waals surface area contributed by atoms with Crippen molar-refractivity contribution in [2.45, 2.75) is 38.3 Å². The number of imide groups is 1. The van der Waals surface area contributed by atoms with Gasteiger partial charge in [-0.25, -0.2) is 0 Å². The van der Waals surface area contributed by atoms with E-state index < -0.39 is 11.9 Å². The van der Waals surface area contributed by atoms with Crippen LogP contribution in [-0.4, -0.2) is 45.8 Å². The van der Waals surface area contributed by atoms with E-state index in [4.69, 9.17) is 0 Å². The minimum Gasteiger partial charge on any atom is -0.511 e. The summed E-state index contributed by atoms with van der Waals surface area (Å²) < 4.78 is 0. The molecule has 2 unspecified atom stereocenters. The largest absolute Gasteiger partial charge is 0.511 e. The van der Waals surface area contributed by atoms with E-state index in [-0.39, 0.29) is 60.7 Å². The van der Waals surface area contributed by atoms with Crippen LogP contribution in [0.25, 0.3) is 0 Å². The minimum absolute atomic E-state index is 0.0337. The summed E-state index contributed by atoms with van der Waals surface area (Å²) in [5, 5.41) is 13.0. The molecule has 0 radical (unpaired) electrons. The molecule has 3 amide bonds. The fourth-order valence-electron chi connectivity index (χ4n) is 4.82. The third-order valence-corrected chi connectivity index (χ3v) is 6.61. The first kappa shape index (κ1) is 21.8. The first-order valence-electron chi connectivity index (χ1n) is 11.2. The van der Waals surface area contributed by atoms with Crippen molar-refractivity contribution in [3.8, 4) is 0 Å². The Kier molecular flexibility index (Phi) is 5.57. The number of aliphatic hydroxyl groups is 1. The number of piperidine rings is 1. The molecule has 5 rings (SSSR count). The lowest BCUT2D eigenvalue weighted by Gasteiger charge is -2.29. The van der Waals surface area contributed by atoms with E-state index >= 15 is 0 Å². The van der Waals surface area contributed by atoms with Crippen LogP contribution in [0.1, 0.15) is 40.7 Å². The molecule has 2 aromatic carbocycles. The lowest BCUT2D eigenvalue weighted by Crippen LogP contribution is -2.52. The molecule has 1 aliphatic carbocycles. The summed E-state index contributed by atoms with van der Waals surface area (Å²) in [4.78, 5) is 55.2. The second-order valence-corrected chi connectivity index (χ2v) is 8.77. The summed E-state index contributed by atoms with van der Waals surface area (Å²) in [6.07, 6.45) is 2.61. The number of allylic oxidation sites excluding steroid dienone is 2. The molecule has 8 nitrogen and oxygen atoms in total. The highest BCUT2D eigenvalue weighted by Gasteiger charge is 2.40. The average molecular weight is 457 g/mol. The Morgan fingerprint density at radius 2 is 1.85 bits per heavy atom. The van der Waals surface area contributed by atoms with Crippen LogP contribution in [0.2, 0.25) is 0 Å². The van der Waals surface area contributed by atoms with E-state index in [1.807, 2.05) is 30.3 Å². The summed E-state index contributed by atoms with van der Waals surface area (Å²) in [6.45, 7) is 0.184. The third-order valence-electron chi connectivity index (χ3n) is 6.61. The fourth-order valence-corrected chi connectivity index (χ4v) is 4.82. The predicted octanol–water partition coefficient (Wildman–Crippen LogP) is 2.79. The van der Waals surface area contributed by atoms with E-state index in [1.54, 1.807) is 18.2 Å². The molecule has 2 heterocycles. The summed E-state index contributed by atoms with van der Waals surface area (Å²) >= 11 is 0. The molecule has 2 atom stereocenters. The number of hydrogen-bond donors (Lipinski definition) is 2. The van der Waals surface area contributed by atoms with Crippen LogP contribution in [0.5, 0.6) is 0 Å². The van der Waals surface area contributed by atoms with Crippen molar-refractivity contribution in [2.24, 2.45) is 10.9 Å². The number of amides is 3. The number of benzene rings is 2. The van der Waals surface area contributed by atoms with Crippen molar-refractivity contribution in [3.05, 3.63) is 76.6 Å². The van der Waals surface area contributed by atoms with Gasteiger partial charge in [-0.1, -0.05) is 36.4 Å². The van der Waals surface area contributed by atoms with Gasteiger partial charge in [-0.2, -0.15) is 0 Å². The second kappa shape index (κ2) is 8.70. The second-order valence-electron chi connectivity index (χ2n) is 8.77. The molecule has 1 fully saturated rings. The first-order valence-corrected chi connectivity index (χ1v) is 11.2. The Morgan fingerprint density at radius 3 is 2.62 bits per heavy atom. The van der Waals surface area contributed by atoms with Gasteiger partial charge in [-0.15, -0.1) is 0 Å². The number of nitrogens with zero attached hydrogens (tertiary/aromatic N) is 2. The molecule has 3 aliphatic rings. The van der Waals surface area contributed by atoms with Gasteiger partial charge in [0.2, 0.25) is 11.8 Å². The van der Waals surface area contributed by atoms with Gasteiger partial charge in [0.1, 0.15) is 11.8 Å². The van der Waals surface area contributed by atoms with E-state index in [2.05, 4.69) is 10.3 Å². The van der Waals surface area contributed by atoms with Gasteiger partial charge in [0, 0.05) is 42.6 Å². The normalized spacial score (nSPS) is 22.6. The maximum atomic E-state index is 13.0. The maximum absolute atomic E-state index is 13.0. The summed E-state index contributed by atoms with van der Waals surface area (Å²) in [7, 11) is 0. The molecular formula is C26H23N3O5. The molecule has 0 spiro atoms. The Morgan fingerprint density at radius 1 is 1.06 bits per heavy atom. The van der Waals surface area contributed by atoms with Crippen LogP contribution >= 0.6 is 0 Å². The maximum Gasteiger partial charge on any atom is 0.255 e. The number of aliphatic hydroxyl groups excluding tert-OH is 1. The summed E-state index contributed by atoms with van der Waals surface area (Å²) in [5.41, 5.74) is 2.82. The highest BCUT2D eigenvalue weighted by molar-refractivity contribution is 6.16. The van der Waals surface area contributed by atoms with E-state index in [1.165, 1.54) is 11.1 Å². The molecule has 172 valence electrons. The molecule has 0 aromatic heterocycles. The predicted molar refractivity (Wildman–Crippen MR) is 124 cm³/mol. The van der Waals surface area contributed by atoms with E-state index in [9.17, 15) is 24.3 Å². The highest BCUT2D eigenvalue weighted by atomic mass is 16.3. The zero-order valence-electron chi connectivity index (χ0n) is 18.4. The quantitative estimate of drug-likeness (QED) is 0.529. The summed E-state index contributed by atoms with van der Waals surface area (Å²) in [5.74, 6) is -1.53. The number of nitrogens with one attached hydrogen (secondary N) is 1. The van der Waals surface area contributed by atoms with Crippen molar-refractivity contribution >= 4 is 35.4 Å². The van der Waals surface area contributed by atoms with Crippen LogP contribution in [0, 0.1) is 5.92 Å². The Hall–Kier alpha value is -4.07. The van der Waals surface area contributed by atoms with Gasteiger partial charge in [0.15, 0.2) is 5.78 Å². The molecule has 0 bridgehead atoms. The van der Waals surface area contributed by atoms with Crippen LogP contribution < -0.4 is 5.32 Å². The lowest BCUT2D eigenvalue weighted by molar-refractivity contribution is -0.137. The Balaban J connectivity index is 1.37. The molecule has 1 saturated heterocycles. The molecule has 2 N–H and O–H groups in total. The van der Waals surface area contributed by atoms with Crippen molar-refractivity contribution in [2.75, 3.05) is 0 Å². The molecular weight excluding hydrogens is 434 g/mol. The van der Waals surface area contributed by atoms with Crippen molar-refractivity contribution in [3.63, 3.8) is 0 Å². The zero-order chi connectivity index (χ0) is 23.8. The number of aliphatic imine (C=N–C) groups is 1. The topological polar surface area (TPSA) is 116 Å². The highest BCUT2D eigenvalue weighted by Crippen LogP contribution is 2.35. The molecule has 2 aromatic rings. The van der Waals surface area contributed by atoms with Crippen LogP contribution in [0.15, 0.2) is 64.9 Å². The van der Waals surface area contributed by atoms with Crippen molar-refractivity contribution in [1.29, 1.82) is 0 Å². The fraction of sp³-hybridized carbons (Fsp3) is 0.269. The Bertz CT molecular complexity index is 1260. The third kappa shape index (κ3) is 3.91. The summed E-state index contributed by atoms with van der Waals surface area (Å²) in [6, 6.07) is 14.1. The molecule has 2 aliphatic heterocycles. The monoisotopic (exact) mass is 457 g/mol. The van der Waals surface area contributed by atoms with Gasteiger partial charge in [0.25, 0.3) is 5.91 Å². The van der Waals surface area contributed by atoms with Crippen LogP contribution in [-0.2, 0) is 27.3 Å². The average Bonchev–Trinajstić information content (AvgIpc) is 3.29. The number of rotatable bonds is 5. The molecule has 8 heteroatoms.